The molecular weight excluding hydrogens is 362 g/mol. The molecule has 1 fully saturated rings. The van der Waals surface area contributed by atoms with Crippen LogP contribution in [0.1, 0.15) is 22.2 Å². The first-order valence-corrected chi connectivity index (χ1v) is 8.52. The molecule has 0 saturated carbocycles. The van der Waals surface area contributed by atoms with Gasteiger partial charge in [0, 0.05) is 24.7 Å². The number of benzene rings is 1. The summed E-state index contributed by atoms with van der Waals surface area (Å²) in [5.41, 5.74) is 0.904. The van der Waals surface area contributed by atoms with Crippen molar-refractivity contribution in [2.24, 2.45) is 0 Å². The van der Waals surface area contributed by atoms with E-state index in [1.165, 1.54) is 6.07 Å². The number of amides is 1. The van der Waals surface area contributed by atoms with Gasteiger partial charge in [-0.1, -0.05) is 29.8 Å². The Balaban J connectivity index is 1.73. The summed E-state index contributed by atoms with van der Waals surface area (Å²) >= 11 is 6.34. The topological polar surface area (TPSA) is 97.9 Å². The highest BCUT2D eigenvalue weighted by molar-refractivity contribution is 6.31. The van der Waals surface area contributed by atoms with Gasteiger partial charge in [0.05, 0.1) is 25.3 Å². The van der Waals surface area contributed by atoms with Crippen molar-refractivity contribution in [3.05, 3.63) is 62.9 Å². The fourth-order valence-corrected chi connectivity index (χ4v) is 3.16. The van der Waals surface area contributed by atoms with E-state index in [0.717, 1.165) is 24.7 Å². The van der Waals surface area contributed by atoms with Crippen LogP contribution in [0.15, 0.2) is 40.8 Å². The molecular formula is C17H18ClN3O5. The zero-order valence-corrected chi connectivity index (χ0v) is 14.6. The summed E-state index contributed by atoms with van der Waals surface area (Å²) in [4.78, 5) is 24.5. The lowest BCUT2D eigenvalue weighted by Gasteiger charge is -2.35. The molecule has 0 spiro atoms. The van der Waals surface area contributed by atoms with Gasteiger partial charge in [-0.25, -0.2) is 0 Å². The molecule has 1 saturated heterocycles. The fraction of sp³-hybridized carbons (Fsp3) is 0.353. The number of hydrogen-bond donors (Lipinski definition) is 1. The second-order valence-corrected chi connectivity index (χ2v) is 6.20. The maximum atomic E-state index is 12.3. The number of carbonyl (C=O) groups excluding carboxylic acids is 1. The third kappa shape index (κ3) is 4.21. The normalized spacial score (nSPS) is 16.2. The molecule has 1 amide bonds. The van der Waals surface area contributed by atoms with Crippen molar-refractivity contribution in [3.63, 3.8) is 0 Å². The van der Waals surface area contributed by atoms with Crippen molar-refractivity contribution >= 4 is 23.4 Å². The standard InChI is InChI=1S/C17H18ClN3O5/c18-13-4-2-1-3-12(13)14(20-7-9-25-10-8-20)11-19-17(22)15-5-6-16(26-15)21(23)24/h1-6,14H,7-11H2,(H,19,22)/t14-/m1/s1. The van der Waals surface area contributed by atoms with Crippen LogP contribution in [-0.2, 0) is 4.74 Å². The predicted molar refractivity (Wildman–Crippen MR) is 94.3 cm³/mol. The van der Waals surface area contributed by atoms with E-state index < -0.39 is 16.7 Å². The summed E-state index contributed by atoms with van der Waals surface area (Å²) in [6.07, 6.45) is 0. The number of morpholine rings is 1. The Bertz CT molecular complexity index is 788. The first-order chi connectivity index (χ1) is 12.6. The minimum Gasteiger partial charge on any atom is -0.395 e. The maximum Gasteiger partial charge on any atom is 0.433 e. The fourth-order valence-electron chi connectivity index (χ4n) is 2.89. The van der Waals surface area contributed by atoms with Crippen molar-refractivity contribution in [1.82, 2.24) is 10.2 Å². The van der Waals surface area contributed by atoms with Crippen LogP contribution in [0.25, 0.3) is 0 Å². The van der Waals surface area contributed by atoms with E-state index in [1.807, 2.05) is 24.3 Å². The molecule has 8 nitrogen and oxygen atoms in total. The third-order valence-electron chi connectivity index (χ3n) is 4.20. The monoisotopic (exact) mass is 379 g/mol. The second-order valence-electron chi connectivity index (χ2n) is 5.79. The van der Waals surface area contributed by atoms with Crippen molar-refractivity contribution in [3.8, 4) is 0 Å². The van der Waals surface area contributed by atoms with Crippen LogP contribution in [0.4, 0.5) is 5.88 Å². The average molecular weight is 380 g/mol. The Morgan fingerprint density at radius 2 is 2.00 bits per heavy atom. The molecule has 2 aromatic rings. The SMILES string of the molecule is O=C(NC[C@H](c1ccccc1Cl)N1CCOCC1)c1ccc([N+](=O)[O-])o1. The quantitative estimate of drug-likeness (QED) is 0.612. The maximum absolute atomic E-state index is 12.3. The first kappa shape index (κ1) is 18.4. The van der Waals surface area contributed by atoms with Gasteiger partial charge in [-0.15, -0.1) is 0 Å². The van der Waals surface area contributed by atoms with Gasteiger partial charge in [0.15, 0.2) is 5.76 Å². The summed E-state index contributed by atoms with van der Waals surface area (Å²) in [6.45, 7) is 2.95. The molecule has 26 heavy (non-hydrogen) atoms. The van der Waals surface area contributed by atoms with Crippen molar-refractivity contribution in [1.29, 1.82) is 0 Å². The summed E-state index contributed by atoms with van der Waals surface area (Å²) in [5, 5.41) is 14.1. The number of nitro groups is 1. The molecule has 138 valence electrons. The largest absolute Gasteiger partial charge is 0.433 e. The van der Waals surface area contributed by atoms with E-state index in [1.54, 1.807) is 0 Å². The van der Waals surface area contributed by atoms with Gasteiger partial charge >= 0.3 is 5.88 Å². The van der Waals surface area contributed by atoms with E-state index >= 15 is 0 Å². The number of furan rings is 1. The Kier molecular flexibility index (Phi) is 5.87. The van der Waals surface area contributed by atoms with Crippen LogP contribution in [0.3, 0.4) is 0 Å². The summed E-state index contributed by atoms with van der Waals surface area (Å²) < 4.78 is 10.3. The highest BCUT2D eigenvalue weighted by Gasteiger charge is 2.26. The van der Waals surface area contributed by atoms with E-state index in [-0.39, 0.29) is 18.3 Å². The number of nitrogens with one attached hydrogen (secondary N) is 1. The van der Waals surface area contributed by atoms with Gasteiger partial charge < -0.3 is 14.5 Å². The molecule has 0 bridgehead atoms. The molecule has 0 radical (unpaired) electrons. The first-order valence-electron chi connectivity index (χ1n) is 8.15. The highest BCUT2D eigenvalue weighted by Crippen LogP contribution is 2.28. The number of ether oxygens (including phenoxy) is 1. The number of carbonyl (C=O) groups is 1. The lowest BCUT2D eigenvalue weighted by Crippen LogP contribution is -2.43. The van der Waals surface area contributed by atoms with Crippen molar-refractivity contribution in [2.75, 3.05) is 32.8 Å². The van der Waals surface area contributed by atoms with Crippen LogP contribution in [0.2, 0.25) is 5.02 Å². The van der Waals surface area contributed by atoms with Gasteiger partial charge in [0.2, 0.25) is 0 Å². The van der Waals surface area contributed by atoms with Crippen LogP contribution in [-0.4, -0.2) is 48.6 Å². The highest BCUT2D eigenvalue weighted by atomic mass is 35.5. The molecule has 1 aliphatic rings. The van der Waals surface area contributed by atoms with Crippen LogP contribution in [0.5, 0.6) is 0 Å². The summed E-state index contributed by atoms with van der Waals surface area (Å²) in [7, 11) is 0. The molecule has 0 unspecified atom stereocenters. The van der Waals surface area contributed by atoms with E-state index in [9.17, 15) is 14.9 Å². The molecule has 2 heterocycles. The van der Waals surface area contributed by atoms with Gasteiger partial charge in [0.25, 0.3) is 5.91 Å². The minimum atomic E-state index is -0.683. The van der Waals surface area contributed by atoms with Crippen LogP contribution >= 0.6 is 11.6 Å². The Morgan fingerprint density at radius 1 is 1.27 bits per heavy atom. The van der Waals surface area contributed by atoms with Crippen molar-refractivity contribution < 1.29 is 18.9 Å². The Hall–Kier alpha value is -2.42. The molecule has 0 aliphatic carbocycles. The lowest BCUT2D eigenvalue weighted by atomic mass is 10.0. The average Bonchev–Trinajstić information content (AvgIpc) is 3.15. The molecule has 1 atom stereocenters. The van der Waals surface area contributed by atoms with E-state index in [2.05, 4.69) is 10.2 Å². The van der Waals surface area contributed by atoms with Crippen LogP contribution < -0.4 is 5.32 Å². The zero-order chi connectivity index (χ0) is 18.5. The summed E-state index contributed by atoms with van der Waals surface area (Å²) in [5.74, 6) is -1.08. The van der Waals surface area contributed by atoms with Crippen molar-refractivity contribution in [2.45, 2.75) is 6.04 Å². The molecule has 1 aliphatic heterocycles. The summed E-state index contributed by atoms with van der Waals surface area (Å²) in [6, 6.07) is 9.78. The smallest absolute Gasteiger partial charge is 0.395 e. The third-order valence-corrected chi connectivity index (χ3v) is 4.55. The van der Waals surface area contributed by atoms with E-state index in [4.69, 9.17) is 20.8 Å². The molecule has 1 aromatic heterocycles. The second kappa shape index (κ2) is 8.31. The molecule has 9 heteroatoms. The van der Waals surface area contributed by atoms with Crippen LogP contribution in [0, 0.1) is 10.1 Å². The molecule has 1 aromatic carbocycles. The van der Waals surface area contributed by atoms with Gasteiger partial charge in [-0.3, -0.25) is 19.8 Å². The number of rotatable bonds is 6. The molecule has 1 N–H and O–H groups in total. The number of halogens is 1. The zero-order valence-electron chi connectivity index (χ0n) is 13.9. The van der Waals surface area contributed by atoms with Gasteiger partial charge in [-0.05, 0) is 17.7 Å². The minimum absolute atomic E-state index is 0.100. The predicted octanol–water partition coefficient (Wildman–Crippen LogP) is 2.64. The van der Waals surface area contributed by atoms with Gasteiger partial charge in [0.1, 0.15) is 4.92 Å². The lowest BCUT2D eigenvalue weighted by molar-refractivity contribution is -0.402. The Labute approximate surface area is 154 Å². The Morgan fingerprint density at radius 3 is 2.65 bits per heavy atom. The van der Waals surface area contributed by atoms with E-state index in [0.29, 0.717) is 18.2 Å². The number of hydrogen-bond acceptors (Lipinski definition) is 6. The van der Waals surface area contributed by atoms with Gasteiger partial charge in [-0.2, -0.15) is 0 Å². The number of nitrogens with zero attached hydrogens (tertiary/aromatic N) is 2. The molecule has 3 rings (SSSR count).